The van der Waals surface area contributed by atoms with Crippen molar-refractivity contribution in [2.75, 3.05) is 6.61 Å². The molecule has 0 spiro atoms. The maximum atomic E-state index is 9.64. The lowest BCUT2D eigenvalue weighted by molar-refractivity contribution is -0.211. The third-order valence-electron chi connectivity index (χ3n) is 7.04. The van der Waals surface area contributed by atoms with Crippen molar-refractivity contribution in [3.63, 3.8) is 0 Å². The van der Waals surface area contributed by atoms with Crippen LogP contribution in [0.3, 0.4) is 0 Å². The highest BCUT2D eigenvalue weighted by Crippen LogP contribution is 2.38. The molecule has 1 heterocycles. The molecule has 1 fully saturated rings. The number of aryl methyl sites for hydroxylation is 1. The van der Waals surface area contributed by atoms with Gasteiger partial charge in [0.25, 0.3) is 0 Å². The maximum absolute atomic E-state index is 9.64. The molecule has 0 N–H and O–H groups in total. The highest BCUT2D eigenvalue weighted by molar-refractivity contribution is 7.99. The SMILES string of the molecule is Cc1ccc(S[C@@H]2O[C@H](COCc3ccccc3)[C@H](OCc3ccccc3)[C@H](OCc3ccccc3)[C@H]2N=[N+]=[N-])cc1. The van der Waals surface area contributed by atoms with E-state index in [1.165, 1.54) is 17.3 Å². The van der Waals surface area contributed by atoms with Crippen molar-refractivity contribution in [2.24, 2.45) is 5.11 Å². The van der Waals surface area contributed by atoms with Gasteiger partial charge in [0, 0.05) is 9.81 Å². The second kappa shape index (κ2) is 15.6. The Hall–Kier alpha value is -3.62. The van der Waals surface area contributed by atoms with Gasteiger partial charge in [-0.15, -0.1) is 0 Å². The Morgan fingerprint density at radius 1 is 0.714 bits per heavy atom. The zero-order valence-corrected chi connectivity index (χ0v) is 24.4. The first-order valence-corrected chi connectivity index (χ1v) is 14.9. The maximum Gasteiger partial charge on any atom is 0.119 e. The molecular weight excluding hydrogens is 546 g/mol. The lowest BCUT2D eigenvalue weighted by Gasteiger charge is -2.44. The second-order valence-electron chi connectivity index (χ2n) is 10.2. The van der Waals surface area contributed by atoms with Crippen LogP contribution in [0.5, 0.6) is 0 Å². The standard InChI is InChI=1S/C34H35N3O4S/c1-25-17-19-29(20-18-25)42-34-31(36-37-35)33(40-23-28-15-9-4-10-16-28)32(39-22-27-13-7-3-8-14-27)30(41-34)24-38-21-26-11-5-2-6-12-26/h2-20,30-34H,21-24H2,1H3/t30-,31-,32+,33-,34+/m1/s1. The van der Waals surface area contributed by atoms with Gasteiger partial charge in [-0.3, -0.25) is 0 Å². The number of thioether (sulfide) groups is 1. The molecule has 5 rings (SSSR count). The van der Waals surface area contributed by atoms with Crippen LogP contribution in [0.15, 0.2) is 125 Å². The Bertz CT molecular complexity index is 1400. The number of hydrogen-bond acceptors (Lipinski definition) is 6. The molecule has 0 unspecified atom stereocenters. The molecule has 1 saturated heterocycles. The number of hydrogen-bond donors (Lipinski definition) is 0. The minimum Gasteiger partial charge on any atom is -0.374 e. The third-order valence-corrected chi connectivity index (χ3v) is 8.20. The van der Waals surface area contributed by atoms with Crippen molar-refractivity contribution in [3.8, 4) is 0 Å². The summed E-state index contributed by atoms with van der Waals surface area (Å²) in [5.41, 5.74) is 13.4. The number of nitrogens with zero attached hydrogens (tertiary/aromatic N) is 3. The van der Waals surface area contributed by atoms with Gasteiger partial charge in [0.05, 0.1) is 32.5 Å². The summed E-state index contributed by atoms with van der Waals surface area (Å²) in [5, 5.41) is 4.23. The van der Waals surface area contributed by atoms with Gasteiger partial charge < -0.3 is 18.9 Å². The van der Waals surface area contributed by atoms with E-state index in [2.05, 4.69) is 41.2 Å². The van der Waals surface area contributed by atoms with Crippen LogP contribution in [0.1, 0.15) is 22.3 Å². The van der Waals surface area contributed by atoms with Crippen LogP contribution in [0.2, 0.25) is 0 Å². The van der Waals surface area contributed by atoms with Crippen molar-refractivity contribution >= 4 is 11.8 Å². The molecule has 0 bridgehead atoms. The van der Waals surface area contributed by atoms with Crippen LogP contribution in [0.25, 0.3) is 10.4 Å². The molecule has 1 aliphatic heterocycles. The fourth-order valence-corrected chi connectivity index (χ4v) is 5.96. The quantitative estimate of drug-likeness (QED) is 0.0911. The van der Waals surface area contributed by atoms with E-state index in [1.54, 1.807) is 0 Å². The van der Waals surface area contributed by atoms with Crippen LogP contribution in [-0.2, 0) is 38.8 Å². The lowest BCUT2D eigenvalue weighted by Crippen LogP contribution is -2.58. The molecule has 4 aromatic carbocycles. The molecule has 4 aromatic rings. The molecule has 7 nitrogen and oxygen atoms in total. The van der Waals surface area contributed by atoms with Crippen LogP contribution in [0.4, 0.5) is 0 Å². The Kier molecular flexibility index (Phi) is 11.1. The van der Waals surface area contributed by atoms with Gasteiger partial charge in [0.1, 0.15) is 23.7 Å². The summed E-state index contributed by atoms with van der Waals surface area (Å²) in [6, 6.07) is 37.6. The predicted molar refractivity (Wildman–Crippen MR) is 165 cm³/mol. The van der Waals surface area contributed by atoms with Gasteiger partial charge >= 0.3 is 0 Å². The minimum absolute atomic E-state index is 0.285. The van der Waals surface area contributed by atoms with E-state index in [0.717, 1.165) is 21.6 Å². The van der Waals surface area contributed by atoms with Crippen LogP contribution < -0.4 is 0 Å². The summed E-state index contributed by atoms with van der Waals surface area (Å²) in [5.74, 6) is 0. The summed E-state index contributed by atoms with van der Waals surface area (Å²) in [7, 11) is 0. The molecule has 1 aliphatic rings. The molecule has 216 valence electrons. The zero-order valence-electron chi connectivity index (χ0n) is 23.6. The number of benzene rings is 4. The molecular formula is C34H35N3O4S. The number of azide groups is 1. The van der Waals surface area contributed by atoms with Crippen molar-refractivity contribution in [1.29, 1.82) is 0 Å². The van der Waals surface area contributed by atoms with Crippen LogP contribution in [-0.4, -0.2) is 36.4 Å². The Labute approximate surface area is 251 Å². The molecule has 42 heavy (non-hydrogen) atoms. The van der Waals surface area contributed by atoms with Gasteiger partial charge in [0.2, 0.25) is 0 Å². The highest BCUT2D eigenvalue weighted by atomic mass is 32.2. The van der Waals surface area contributed by atoms with Gasteiger partial charge in [0.15, 0.2) is 0 Å². The van der Waals surface area contributed by atoms with Crippen LogP contribution in [0, 0.1) is 6.92 Å². The summed E-state index contributed by atoms with van der Waals surface area (Å²) < 4.78 is 26.0. The molecule has 0 aliphatic carbocycles. The summed E-state index contributed by atoms with van der Waals surface area (Å²) in [4.78, 5) is 4.23. The predicted octanol–water partition coefficient (Wildman–Crippen LogP) is 7.88. The summed E-state index contributed by atoms with van der Waals surface area (Å²) >= 11 is 1.52. The molecule has 0 aromatic heterocycles. The largest absolute Gasteiger partial charge is 0.374 e. The molecule has 0 saturated carbocycles. The molecule has 0 radical (unpaired) electrons. The smallest absolute Gasteiger partial charge is 0.119 e. The van der Waals surface area contributed by atoms with Gasteiger partial charge in [-0.05, 0) is 41.3 Å². The first kappa shape index (κ1) is 29.9. The number of rotatable bonds is 13. The third kappa shape index (κ3) is 8.46. The average molecular weight is 582 g/mol. The Morgan fingerprint density at radius 2 is 1.24 bits per heavy atom. The molecule has 8 heteroatoms. The normalized spacial score (nSPS) is 21.9. The van der Waals surface area contributed by atoms with Crippen molar-refractivity contribution in [1.82, 2.24) is 0 Å². The van der Waals surface area contributed by atoms with Gasteiger partial charge in [-0.25, -0.2) is 0 Å². The van der Waals surface area contributed by atoms with E-state index >= 15 is 0 Å². The van der Waals surface area contributed by atoms with Crippen molar-refractivity contribution in [3.05, 3.63) is 148 Å². The van der Waals surface area contributed by atoms with E-state index in [4.69, 9.17) is 18.9 Å². The first-order valence-electron chi connectivity index (χ1n) is 14.1. The first-order chi connectivity index (χ1) is 20.7. The number of ether oxygens (including phenoxy) is 4. The Morgan fingerprint density at radius 3 is 1.79 bits per heavy atom. The van der Waals surface area contributed by atoms with E-state index in [0.29, 0.717) is 19.8 Å². The van der Waals surface area contributed by atoms with Crippen LogP contribution >= 0.6 is 11.8 Å². The minimum atomic E-state index is -0.642. The van der Waals surface area contributed by atoms with Gasteiger partial charge in [-0.2, -0.15) is 0 Å². The molecule has 0 amide bonds. The topological polar surface area (TPSA) is 85.7 Å². The zero-order chi connectivity index (χ0) is 29.0. The second-order valence-corrected chi connectivity index (χ2v) is 11.4. The summed E-state index contributed by atoms with van der Waals surface area (Å²) in [6.07, 6.45) is -1.59. The highest BCUT2D eigenvalue weighted by Gasteiger charge is 2.47. The van der Waals surface area contributed by atoms with E-state index in [1.807, 2.05) is 91.0 Å². The van der Waals surface area contributed by atoms with E-state index in [-0.39, 0.29) is 6.61 Å². The average Bonchev–Trinajstić information content (AvgIpc) is 3.03. The van der Waals surface area contributed by atoms with Gasteiger partial charge in [-0.1, -0.05) is 126 Å². The lowest BCUT2D eigenvalue weighted by atomic mass is 9.97. The van der Waals surface area contributed by atoms with Crippen molar-refractivity contribution < 1.29 is 18.9 Å². The van der Waals surface area contributed by atoms with Crippen molar-refractivity contribution in [2.45, 2.75) is 61.4 Å². The van der Waals surface area contributed by atoms with E-state index in [9.17, 15) is 5.53 Å². The van der Waals surface area contributed by atoms with E-state index < -0.39 is 29.8 Å². The fourth-order valence-electron chi connectivity index (χ4n) is 4.85. The Balaban J connectivity index is 1.43. The summed E-state index contributed by atoms with van der Waals surface area (Å²) in [6.45, 7) is 3.48. The fraction of sp³-hybridized carbons (Fsp3) is 0.294. The molecule has 5 atom stereocenters. The monoisotopic (exact) mass is 581 g/mol.